The van der Waals surface area contributed by atoms with Crippen LogP contribution in [0.5, 0.6) is 5.75 Å². The molecule has 0 saturated heterocycles. The van der Waals surface area contributed by atoms with Crippen LogP contribution in [0.3, 0.4) is 0 Å². The number of carbonyl (C=O) groups excluding carboxylic acids is 1. The fourth-order valence-electron chi connectivity index (χ4n) is 1.29. The molecule has 1 amide bonds. The van der Waals surface area contributed by atoms with Gasteiger partial charge in [-0.05, 0) is 24.3 Å². The van der Waals surface area contributed by atoms with Crippen molar-refractivity contribution in [3.05, 3.63) is 30.1 Å². The number of aliphatic hydroxyl groups excluding tert-OH is 1. The van der Waals surface area contributed by atoms with Gasteiger partial charge in [0.1, 0.15) is 0 Å². The maximum atomic E-state index is 13.2. The van der Waals surface area contributed by atoms with E-state index < -0.39 is 5.82 Å². The molecule has 1 aromatic carbocycles. The number of hydrogen-bond donors (Lipinski definition) is 2. The molecule has 1 rings (SSSR count). The van der Waals surface area contributed by atoms with Gasteiger partial charge in [-0.15, -0.1) is 0 Å². The number of ether oxygens (including phenoxy) is 1. The van der Waals surface area contributed by atoms with E-state index in [4.69, 9.17) is 9.84 Å². The predicted octanol–water partition coefficient (Wildman–Crippen LogP) is 1.44. The molecule has 0 spiro atoms. The van der Waals surface area contributed by atoms with Gasteiger partial charge >= 0.3 is 0 Å². The number of amides is 1. The summed E-state index contributed by atoms with van der Waals surface area (Å²) in [6.45, 7) is 0.535. The smallest absolute Gasteiger partial charge is 0.257 e. The Morgan fingerprint density at radius 3 is 2.89 bits per heavy atom. The van der Waals surface area contributed by atoms with E-state index in [9.17, 15) is 9.18 Å². The van der Waals surface area contributed by atoms with Crippen LogP contribution in [0.25, 0.3) is 0 Å². The number of hydrogen-bond acceptors (Lipinski definition) is 4. The fourth-order valence-corrected chi connectivity index (χ4v) is 2.07. The van der Waals surface area contributed by atoms with E-state index in [1.807, 2.05) is 0 Å². The SMILES string of the molecule is O=C(COc1ccccc1F)NCCSCCCO. The first-order valence-corrected chi connectivity index (χ1v) is 7.22. The average molecular weight is 287 g/mol. The lowest BCUT2D eigenvalue weighted by Gasteiger charge is -2.07. The molecular formula is C13H18FNO3S. The highest BCUT2D eigenvalue weighted by molar-refractivity contribution is 7.99. The zero-order valence-electron chi connectivity index (χ0n) is 10.6. The van der Waals surface area contributed by atoms with Gasteiger partial charge in [0.2, 0.25) is 0 Å². The third-order valence-electron chi connectivity index (χ3n) is 2.21. The molecule has 0 aliphatic rings. The van der Waals surface area contributed by atoms with E-state index in [1.165, 1.54) is 12.1 Å². The highest BCUT2D eigenvalue weighted by atomic mass is 32.2. The zero-order valence-corrected chi connectivity index (χ0v) is 11.4. The first-order valence-electron chi connectivity index (χ1n) is 6.06. The van der Waals surface area contributed by atoms with Crippen molar-refractivity contribution in [3.63, 3.8) is 0 Å². The maximum absolute atomic E-state index is 13.2. The van der Waals surface area contributed by atoms with E-state index in [0.717, 1.165) is 17.9 Å². The quantitative estimate of drug-likeness (QED) is 0.675. The Balaban J connectivity index is 2.10. The Morgan fingerprint density at radius 1 is 1.37 bits per heavy atom. The first kappa shape index (κ1) is 15.8. The Morgan fingerprint density at radius 2 is 2.16 bits per heavy atom. The second-order valence-corrected chi connectivity index (χ2v) is 4.98. The molecular weight excluding hydrogens is 269 g/mol. The van der Waals surface area contributed by atoms with Crippen LogP contribution in [-0.4, -0.2) is 42.3 Å². The van der Waals surface area contributed by atoms with Gasteiger partial charge in [0.25, 0.3) is 5.91 Å². The summed E-state index contributed by atoms with van der Waals surface area (Å²) in [5, 5.41) is 11.3. The summed E-state index contributed by atoms with van der Waals surface area (Å²) in [4.78, 5) is 11.4. The summed E-state index contributed by atoms with van der Waals surface area (Å²) < 4.78 is 18.3. The van der Waals surface area contributed by atoms with Crippen molar-refractivity contribution >= 4 is 17.7 Å². The van der Waals surface area contributed by atoms with Crippen molar-refractivity contribution in [2.24, 2.45) is 0 Å². The first-order chi connectivity index (χ1) is 9.24. The number of carbonyl (C=O) groups is 1. The lowest BCUT2D eigenvalue weighted by molar-refractivity contribution is -0.123. The fraction of sp³-hybridized carbons (Fsp3) is 0.462. The van der Waals surface area contributed by atoms with Crippen molar-refractivity contribution in [2.75, 3.05) is 31.3 Å². The predicted molar refractivity (Wildman–Crippen MR) is 73.9 cm³/mol. The monoisotopic (exact) mass is 287 g/mol. The van der Waals surface area contributed by atoms with Gasteiger partial charge in [0.05, 0.1) is 0 Å². The summed E-state index contributed by atoms with van der Waals surface area (Å²) in [7, 11) is 0. The normalized spacial score (nSPS) is 10.2. The number of nitrogens with one attached hydrogen (secondary N) is 1. The van der Waals surface area contributed by atoms with E-state index in [0.29, 0.717) is 6.54 Å². The van der Waals surface area contributed by atoms with Gasteiger partial charge < -0.3 is 15.2 Å². The lowest BCUT2D eigenvalue weighted by atomic mass is 10.3. The van der Waals surface area contributed by atoms with Crippen LogP contribution in [0.1, 0.15) is 6.42 Å². The van der Waals surface area contributed by atoms with Crippen molar-refractivity contribution in [1.82, 2.24) is 5.32 Å². The van der Waals surface area contributed by atoms with Crippen molar-refractivity contribution in [3.8, 4) is 5.75 Å². The Kier molecular flexibility index (Phi) is 8.00. The second kappa shape index (κ2) is 9.63. The van der Waals surface area contributed by atoms with Crippen molar-refractivity contribution < 1.29 is 19.0 Å². The standard InChI is InChI=1S/C13H18FNO3S/c14-11-4-1-2-5-12(11)18-10-13(17)15-6-9-19-8-3-7-16/h1-2,4-5,16H,3,6-10H2,(H,15,17). The molecule has 0 saturated carbocycles. The Hall–Kier alpha value is -1.27. The van der Waals surface area contributed by atoms with Crippen LogP contribution in [0, 0.1) is 5.82 Å². The number of aliphatic hydroxyl groups is 1. The second-order valence-electron chi connectivity index (χ2n) is 3.76. The summed E-state index contributed by atoms with van der Waals surface area (Å²) in [6.07, 6.45) is 0.759. The molecule has 0 unspecified atom stereocenters. The zero-order chi connectivity index (χ0) is 13.9. The van der Waals surface area contributed by atoms with Crippen molar-refractivity contribution in [2.45, 2.75) is 6.42 Å². The lowest BCUT2D eigenvalue weighted by Crippen LogP contribution is -2.30. The molecule has 0 aromatic heterocycles. The van der Waals surface area contributed by atoms with E-state index >= 15 is 0 Å². The average Bonchev–Trinajstić information content (AvgIpc) is 2.42. The van der Waals surface area contributed by atoms with Crippen LogP contribution in [-0.2, 0) is 4.79 Å². The summed E-state index contributed by atoms with van der Waals surface area (Å²) in [5.41, 5.74) is 0. The van der Waals surface area contributed by atoms with E-state index in [-0.39, 0.29) is 24.9 Å². The number of para-hydroxylation sites is 1. The minimum Gasteiger partial charge on any atom is -0.481 e. The van der Waals surface area contributed by atoms with Gasteiger partial charge in [0, 0.05) is 18.9 Å². The van der Waals surface area contributed by atoms with E-state index in [1.54, 1.807) is 23.9 Å². The Bertz CT molecular complexity index is 390. The molecule has 0 bridgehead atoms. The molecule has 0 aliphatic carbocycles. The van der Waals surface area contributed by atoms with Gasteiger partial charge in [-0.3, -0.25) is 4.79 Å². The minimum atomic E-state index is -0.477. The molecule has 0 heterocycles. The van der Waals surface area contributed by atoms with E-state index in [2.05, 4.69) is 5.32 Å². The third kappa shape index (κ3) is 7.03. The molecule has 1 aromatic rings. The third-order valence-corrected chi connectivity index (χ3v) is 3.28. The van der Waals surface area contributed by atoms with Crippen LogP contribution < -0.4 is 10.1 Å². The maximum Gasteiger partial charge on any atom is 0.257 e. The molecule has 0 atom stereocenters. The minimum absolute atomic E-state index is 0.0787. The summed E-state index contributed by atoms with van der Waals surface area (Å²) in [5.74, 6) is 0.986. The molecule has 0 aliphatic heterocycles. The van der Waals surface area contributed by atoms with Gasteiger partial charge in [-0.25, -0.2) is 4.39 Å². The molecule has 19 heavy (non-hydrogen) atoms. The topological polar surface area (TPSA) is 58.6 Å². The highest BCUT2D eigenvalue weighted by Crippen LogP contribution is 2.14. The molecule has 4 nitrogen and oxygen atoms in total. The summed E-state index contributed by atoms with van der Waals surface area (Å²) >= 11 is 1.66. The van der Waals surface area contributed by atoms with Crippen LogP contribution in [0.15, 0.2) is 24.3 Å². The van der Waals surface area contributed by atoms with Crippen LogP contribution >= 0.6 is 11.8 Å². The molecule has 6 heteroatoms. The molecule has 106 valence electrons. The Labute approximate surface area is 116 Å². The molecule has 2 N–H and O–H groups in total. The van der Waals surface area contributed by atoms with Crippen molar-refractivity contribution in [1.29, 1.82) is 0 Å². The largest absolute Gasteiger partial charge is 0.481 e. The van der Waals surface area contributed by atoms with Crippen LogP contribution in [0.4, 0.5) is 4.39 Å². The van der Waals surface area contributed by atoms with Crippen LogP contribution in [0.2, 0.25) is 0 Å². The number of benzene rings is 1. The van der Waals surface area contributed by atoms with Gasteiger partial charge in [0.15, 0.2) is 18.2 Å². The number of thioether (sulfide) groups is 1. The van der Waals surface area contributed by atoms with Gasteiger partial charge in [-0.2, -0.15) is 11.8 Å². The number of halogens is 1. The summed E-state index contributed by atoms with van der Waals surface area (Å²) in [6, 6.07) is 5.97. The number of rotatable bonds is 9. The molecule has 0 fully saturated rings. The molecule has 0 radical (unpaired) electrons. The van der Waals surface area contributed by atoms with Gasteiger partial charge in [-0.1, -0.05) is 12.1 Å². The highest BCUT2D eigenvalue weighted by Gasteiger charge is 2.05.